The van der Waals surface area contributed by atoms with Gasteiger partial charge < -0.3 is 19.6 Å². The summed E-state index contributed by atoms with van der Waals surface area (Å²) >= 11 is 7.66. The summed E-state index contributed by atoms with van der Waals surface area (Å²) in [6, 6.07) is 7.22. The Kier molecular flexibility index (Phi) is 6.49. The van der Waals surface area contributed by atoms with Gasteiger partial charge in [-0.25, -0.2) is 9.78 Å². The van der Waals surface area contributed by atoms with Gasteiger partial charge in [0.2, 0.25) is 11.7 Å². The number of benzene rings is 1. The Morgan fingerprint density at radius 3 is 2.97 bits per heavy atom. The van der Waals surface area contributed by atoms with Crippen LogP contribution >= 0.6 is 22.9 Å². The van der Waals surface area contributed by atoms with Crippen LogP contribution < -0.4 is 10.2 Å². The van der Waals surface area contributed by atoms with E-state index in [9.17, 15) is 4.79 Å². The van der Waals surface area contributed by atoms with E-state index in [1.807, 2.05) is 24.0 Å². The average molecular weight is 447 g/mol. The van der Waals surface area contributed by atoms with E-state index in [4.69, 9.17) is 16.1 Å². The number of aryl methyl sites for hydroxylation is 1. The molecule has 10 heteroatoms. The number of nitrogens with zero attached hydrogens (tertiary/aromatic N) is 5. The van der Waals surface area contributed by atoms with Crippen LogP contribution in [0.25, 0.3) is 11.4 Å². The van der Waals surface area contributed by atoms with Crippen molar-refractivity contribution in [2.75, 3.05) is 37.6 Å². The molecule has 1 aliphatic rings. The fourth-order valence-electron chi connectivity index (χ4n) is 3.29. The van der Waals surface area contributed by atoms with Crippen LogP contribution in [0.4, 0.5) is 9.93 Å². The molecule has 0 bridgehead atoms. The van der Waals surface area contributed by atoms with Crippen LogP contribution in [0.1, 0.15) is 18.0 Å². The fourth-order valence-corrected chi connectivity index (χ4v) is 4.34. The number of rotatable bonds is 5. The molecule has 3 heterocycles. The number of anilines is 1. The van der Waals surface area contributed by atoms with E-state index in [1.165, 1.54) is 0 Å². The lowest BCUT2D eigenvalue weighted by molar-refractivity contribution is 0.201. The van der Waals surface area contributed by atoms with Gasteiger partial charge in [0.15, 0.2) is 5.13 Å². The molecule has 30 heavy (non-hydrogen) atoms. The number of halogens is 1. The second kappa shape index (κ2) is 9.44. The summed E-state index contributed by atoms with van der Waals surface area (Å²) in [5.74, 6) is 0.968. The van der Waals surface area contributed by atoms with Crippen LogP contribution in [-0.4, -0.2) is 58.8 Å². The normalized spacial score (nSPS) is 14.6. The molecule has 1 aromatic carbocycles. The number of thiazole rings is 1. The monoisotopic (exact) mass is 446 g/mol. The van der Waals surface area contributed by atoms with E-state index in [1.54, 1.807) is 23.5 Å². The lowest BCUT2D eigenvalue weighted by atomic mass is 10.2. The summed E-state index contributed by atoms with van der Waals surface area (Å²) in [5, 5.41) is 10.6. The Balaban J connectivity index is 1.25. The van der Waals surface area contributed by atoms with Crippen molar-refractivity contribution in [3.63, 3.8) is 0 Å². The average Bonchev–Trinajstić information content (AvgIpc) is 3.31. The van der Waals surface area contributed by atoms with Crippen LogP contribution in [0, 0.1) is 6.92 Å². The van der Waals surface area contributed by atoms with Crippen LogP contribution in [0.5, 0.6) is 0 Å². The molecule has 0 radical (unpaired) electrons. The Morgan fingerprint density at radius 1 is 1.27 bits per heavy atom. The molecule has 0 unspecified atom stereocenters. The zero-order valence-corrected chi connectivity index (χ0v) is 18.2. The third-order valence-electron chi connectivity index (χ3n) is 4.83. The molecular weight excluding hydrogens is 424 g/mol. The predicted molar refractivity (Wildman–Crippen MR) is 117 cm³/mol. The van der Waals surface area contributed by atoms with Crippen molar-refractivity contribution < 1.29 is 9.32 Å². The van der Waals surface area contributed by atoms with Gasteiger partial charge in [0.05, 0.1) is 5.69 Å². The molecule has 0 atom stereocenters. The molecule has 158 valence electrons. The minimum atomic E-state index is -0.0678. The highest BCUT2D eigenvalue weighted by Crippen LogP contribution is 2.22. The van der Waals surface area contributed by atoms with Crippen LogP contribution in [-0.2, 0) is 6.42 Å². The minimum Gasteiger partial charge on any atom is -0.346 e. The molecular formula is C20H23ClN6O2S. The molecule has 1 N–H and O–H groups in total. The maximum absolute atomic E-state index is 12.6. The molecule has 4 rings (SSSR count). The molecule has 0 spiro atoms. The number of urea groups is 1. The molecule has 1 saturated heterocycles. The Labute approximate surface area is 183 Å². The largest absolute Gasteiger partial charge is 0.346 e. The van der Waals surface area contributed by atoms with E-state index in [2.05, 4.69) is 30.7 Å². The fraction of sp³-hybridized carbons (Fsp3) is 0.400. The number of carbonyl (C=O) groups excluding carboxylic acids is 1. The number of hydrogen-bond donors (Lipinski definition) is 1. The zero-order valence-electron chi connectivity index (χ0n) is 16.7. The van der Waals surface area contributed by atoms with Crippen molar-refractivity contribution in [3.8, 4) is 11.4 Å². The van der Waals surface area contributed by atoms with E-state index in [0.717, 1.165) is 42.4 Å². The summed E-state index contributed by atoms with van der Waals surface area (Å²) < 4.78 is 5.29. The highest BCUT2D eigenvalue weighted by molar-refractivity contribution is 7.13. The van der Waals surface area contributed by atoms with Gasteiger partial charge in [-0.2, -0.15) is 4.98 Å². The van der Waals surface area contributed by atoms with Crippen molar-refractivity contribution in [3.05, 3.63) is 46.3 Å². The van der Waals surface area contributed by atoms with Crippen molar-refractivity contribution >= 4 is 34.1 Å². The van der Waals surface area contributed by atoms with Gasteiger partial charge in [-0.05, 0) is 25.5 Å². The number of aromatic nitrogens is 3. The van der Waals surface area contributed by atoms with Crippen LogP contribution in [0.15, 0.2) is 34.2 Å². The summed E-state index contributed by atoms with van der Waals surface area (Å²) in [4.78, 5) is 25.6. The number of nitrogens with one attached hydrogen (secondary N) is 1. The smallest absolute Gasteiger partial charge is 0.317 e. The maximum atomic E-state index is 12.6. The molecule has 1 aliphatic heterocycles. The third kappa shape index (κ3) is 5.09. The third-order valence-corrected chi connectivity index (χ3v) is 6.08. The lowest BCUT2D eigenvalue weighted by Crippen LogP contribution is -2.42. The van der Waals surface area contributed by atoms with Gasteiger partial charge in [0.25, 0.3) is 0 Å². The van der Waals surface area contributed by atoms with Gasteiger partial charge in [0, 0.05) is 55.1 Å². The molecule has 3 aromatic rings. The van der Waals surface area contributed by atoms with E-state index < -0.39 is 0 Å². The topological polar surface area (TPSA) is 87.4 Å². The Hall–Kier alpha value is -2.65. The molecule has 2 amide bonds. The SMILES string of the molecule is Cc1csc(N2CCCN(C(=O)NCCc3nc(-c4cccc(Cl)c4)no3)CC2)n1. The van der Waals surface area contributed by atoms with Gasteiger partial charge >= 0.3 is 6.03 Å². The second-order valence-corrected chi connectivity index (χ2v) is 8.38. The molecule has 1 fully saturated rings. The van der Waals surface area contributed by atoms with E-state index in [-0.39, 0.29) is 6.03 Å². The second-order valence-electron chi connectivity index (χ2n) is 7.10. The first kappa shape index (κ1) is 20.6. The van der Waals surface area contributed by atoms with Crippen molar-refractivity contribution in [1.82, 2.24) is 25.3 Å². The molecule has 0 aliphatic carbocycles. The molecule has 2 aromatic heterocycles. The maximum Gasteiger partial charge on any atom is 0.317 e. The van der Waals surface area contributed by atoms with Crippen molar-refractivity contribution in [1.29, 1.82) is 0 Å². The summed E-state index contributed by atoms with van der Waals surface area (Å²) in [7, 11) is 0. The Morgan fingerprint density at radius 2 is 2.17 bits per heavy atom. The molecule has 8 nitrogen and oxygen atoms in total. The van der Waals surface area contributed by atoms with Gasteiger partial charge in [-0.3, -0.25) is 0 Å². The first-order valence-corrected chi connectivity index (χ1v) is 11.1. The van der Waals surface area contributed by atoms with Crippen LogP contribution in [0.3, 0.4) is 0 Å². The van der Waals surface area contributed by atoms with Gasteiger partial charge in [-0.1, -0.05) is 28.9 Å². The summed E-state index contributed by atoms with van der Waals surface area (Å²) in [5.41, 5.74) is 1.83. The van der Waals surface area contributed by atoms with Crippen molar-refractivity contribution in [2.24, 2.45) is 0 Å². The highest BCUT2D eigenvalue weighted by atomic mass is 35.5. The minimum absolute atomic E-state index is 0.0678. The predicted octanol–water partition coefficient (Wildman–Crippen LogP) is 3.62. The summed E-state index contributed by atoms with van der Waals surface area (Å²) in [6.45, 7) is 5.52. The van der Waals surface area contributed by atoms with E-state index in [0.29, 0.717) is 36.2 Å². The first-order chi connectivity index (χ1) is 14.6. The zero-order chi connectivity index (χ0) is 20.9. The van der Waals surface area contributed by atoms with Crippen LogP contribution in [0.2, 0.25) is 5.02 Å². The lowest BCUT2D eigenvalue weighted by Gasteiger charge is -2.22. The van der Waals surface area contributed by atoms with Gasteiger partial charge in [-0.15, -0.1) is 11.3 Å². The number of hydrogen-bond acceptors (Lipinski definition) is 7. The van der Waals surface area contributed by atoms with Gasteiger partial charge in [0.1, 0.15) is 0 Å². The number of amides is 2. The standard InChI is InChI=1S/C20H23ClN6O2S/c1-14-13-30-20(23-14)27-9-3-8-26(10-11-27)19(28)22-7-6-17-24-18(25-29-17)15-4-2-5-16(21)12-15/h2,4-5,12-13H,3,6-11H2,1H3,(H,22,28). The number of carbonyl (C=O) groups is 1. The molecule has 0 saturated carbocycles. The highest BCUT2D eigenvalue weighted by Gasteiger charge is 2.20. The first-order valence-electron chi connectivity index (χ1n) is 9.87. The summed E-state index contributed by atoms with van der Waals surface area (Å²) in [6.07, 6.45) is 1.39. The quantitative estimate of drug-likeness (QED) is 0.644. The Bertz CT molecular complexity index is 1010. The van der Waals surface area contributed by atoms with Crippen molar-refractivity contribution in [2.45, 2.75) is 19.8 Å². The van der Waals surface area contributed by atoms with E-state index >= 15 is 0 Å².